The van der Waals surface area contributed by atoms with E-state index >= 15 is 0 Å². The van der Waals surface area contributed by atoms with Crippen LogP contribution in [0.15, 0.2) is 47.4 Å². The van der Waals surface area contributed by atoms with E-state index in [4.69, 9.17) is 10.5 Å². The molecule has 0 saturated heterocycles. The van der Waals surface area contributed by atoms with Gasteiger partial charge in [0.2, 0.25) is 0 Å². The standard InChI is InChI=1S/C15H17NOS/c1-11-9-13(16)7-8-15(11)18-10-12-5-3-4-6-14(12)17-2/h3-9H,10,16H2,1-2H3. The first-order valence-corrected chi connectivity index (χ1v) is 6.80. The van der Waals surface area contributed by atoms with Crippen LogP contribution >= 0.6 is 11.8 Å². The summed E-state index contributed by atoms with van der Waals surface area (Å²) < 4.78 is 5.35. The highest BCUT2D eigenvalue weighted by Crippen LogP contribution is 2.30. The summed E-state index contributed by atoms with van der Waals surface area (Å²) in [6.45, 7) is 2.08. The Hall–Kier alpha value is -1.61. The van der Waals surface area contributed by atoms with Gasteiger partial charge in [-0.15, -0.1) is 11.8 Å². The van der Waals surface area contributed by atoms with Crippen LogP contribution in [0.4, 0.5) is 5.69 Å². The molecular weight excluding hydrogens is 242 g/mol. The zero-order valence-corrected chi connectivity index (χ0v) is 11.5. The Morgan fingerprint density at radius 2 is 1.94 bits per heavy atom. The van der Waals surface area contributed by atoms with Gasteiger partial charge in [0, 0.05) is 21.9 Å². The molecule has 3 heteroatoms. The molecule has 2 nitrogen and oxygen atoms in total. The van der Waals surface area contributed by atoms with E-state index in [0.29, 0.717) is 0 Å². The summed E-state index contributed by atoms with van der Waals surface area (Å²) in [5.74, 6) is 1.84. The van der Waals surface area contributed by atoms with E-state index in [9.17, 15) is 0 Å². The Bertz CT molecular complexity index is 540. The van der Waals surface area contributed by atoms with Gasteiger partial charge in [-0.3, -0.25) is 0 Å². The highest BCUT2D eigenvalue weighted by molar-refractivity contribution is 7.98. The zero-order valence-electron chi connectivity index (χ0n) is 10.6. The molecule has 0 atom stereocenters. The van der Waals surface area contributed by atoms with E-state index < -0.39 is 0 Å². The molecule has 2 N–H and O–H groups in total. The summed E-state index contributed by atoms with van der Waals surface area (Å²) in [5, 5.41) is 0. The molecule has 0 aliphatic heterocycles. The van der Waals surface area contributed by atoms with Gasteiger partial charge in [0.15, 0.2) is 0 Å². The summed E-state index contributed by atoms with van der Waals surface area (Å²) in [5.41, 5.74) is 8.99. The minimum atomic E-state index is 0.814. The fourth-order valence-corrected chi connectivity index (χ4v) is 2.81. The molecular formula is C15H17NOS. The number of benzene rings is 2. The molecule has 2 rings (SSSR count). The molecule has 0 amide bonds. The second-order valence-electron chi connectivity index (χ2n) is 4.13. The Morgan fingerprint density at radius 1 is 1.17 bits per heavy atom. The van der Waals surface area contributed by atoms with E-state index in [1.165, 1.54) is 16.0 Å². The van der Waals surface area contributed by atoms with Gasteiger partial charge in [-0.2, -0.15) is 0 Å². The Labute approximate surface area is 112 Å². The maximum Gasteiger partial charge on any atom is 0.122 e. The fourth-order valence-electron chi connectivity index (χ4n) is 1.81. The number of nitrogens with two attached hydrogens (primary N) is 1. The van der Waals surface area contributed by atoms with Crippen molar-refractivity contribution in [1.29, 1.82) is 0 Å². The zero-order chi connectivity index (χ0) is 13.0. The molecule has 2 aromatic rings. The largest absolute Gasteiger partial charge is 0.496 e. The number of methoxy groups -OCH3 is 1. The molecule has 0 fully saturated rings. The highest BCUT2D eigenvalue weighted by atomic mass is 32.2. The molecule has 0 saturated carbocycles. The summed E-state index contributed by atoms with van der Waals surface area (Å²) in [4.78, 5) is 1.26. The van der Waals surface area contributed by atoms with Crippen LogP contribution in [-0.2, 0) is 5.75 Å². The van der Waals surface area contributed by atoms with Crippen LogP contribution in [-0.4, -0.2) is 7.11 Å². The summed E-state index contributed by atoms with van der Waals surface area (Å²) >= 11 is 1.80. The Kier molecular flexibility index (Phi) is 4.15. The number of hydrogen-bond acceptors (Lipinski definition) is 3. The highest BCUT2D eigenvalue weighted by Gasteiger charge is 2.04. The third-order valence-electron chi connectivity index (χ3n) is 2.77. The first kappa shape index (κ1) is 12.8. The van der Waals surface area contributed by atoms with Crippen molar-refractivity contribution in [3.63, 3.8) is 0 Å². The molecule has 0 unspecified atom stereocenters. The monoisotopic (exact) mass is 259 g/mol. The molecule has 0 spiro atoms. The average Bonchev–Trinajstić information content (AvgIpc) is 2.38. The van der Waals surface area contributed by atoms with Crippen molar-refractivity contribution in [2.45, 2.75) is 17.6 Å². The molecule has 0 bridgehead atoms. The van der Waals surface area contributed by atoms with Crippen LogP contribution in [0.2, 0.25) is 0 Å². The van der Waals surface area contributed by atoms with E-state index in [1.807, 2.05) is 30.3 Å². The number of ether oxygens (including phenoxy) is 1. The van der Waals surface area contributed by atoms with Crippen molar-refractivity contribution < 1.29 is 4.74 Å². The van der Waals surface area contributed by atoms with Crippen molar-refractivity contribution in [3.8, 4) is 5.75 Å². The molecule has 0 heterocycles. The fraction of sp³-hybridized carbons (Fsp3) is 0.200. The lowest BCUT2D eigenvalue weighted by Crippen LogP contribution is -1.91. The SMILES string of the molecule is COc1ccccc1CSc1ccc(N)cc1C. The van der Waals surface area contributed by atoms with Crippen LogP contribution in [0, 0.1) is 6.92 Å². The second-order valence-corrected chi connectivity index (χ2v) is 5.14. The molecule has 0 aromatic heterocycles. The van der Waals surface area contributed by atoms with Crippen molar-refractivity contribution in [2.75, 3.05) is 12.8 Å². The van der Waals surface area contributed by atoms with Gasteiger partial charge in [-0.05, 0) is 36.8 Å². The van der Waals surface area contributed by atoms with Crippen LogP contribution in [0.1, 0.15) is 11.1 Å². The van der Waals surface area contributed by atoms with Crippen molar-refractivity contribution in [3.05, 3.63) is 53.6 Å². The van der Waals surface area contributed by atoms with Gasteiger partial charge < -0.3 is 10.5 Å². The van der Waals surface area contributed by atoms with Gasteiger partial charge in [0.05, 0.1) is 7.11 Å². The molecule has 0 aliphatic carbocycles. The topological polar surface area (TPSA) is 35.2 Å². The predicted octanol–water partition coefficient (Wildman–Crippen LogP) is 3.88. The summed E-state index contributed by atoms with van der Waals surface area (Å²) in [6, 6.07) is 14.1. The predicted molar refractivity (Wildman–Crippen MR) is 78.1 cm³/mol. The normalized spacial score (nSPS) is 10.3. The van der Waals surface area contributed by atoms with E-state index in [0.717, 1.165) is 17.2 Å². The van der Waals surface area contributed by atoms with Crippen LogP contribution in [0.25, 0.3) is 0 Å². The number of para-hydroxylation sites is 1. The molecule has 0 radical (unpaired) electrons. The lowest BCUT2D eigenvalue weighted by Gasteiger charge is -2.09. The lowest BCUT2D eigenvalue weighted by molar-refractivity contribution is 0.411. The third kappa shape index (κ3) is 2.99. The van der Waals surface area contributed by atoms with Gasteiger partial charge in [-0.25, -0.2) is 0 Å². The van der Waals surface area contributed by atoms with Gasteiger partial charge in [-0.1, -0.05) is 18.2 Å². The lowest BCUT2D eigenvalue weighted by atomic mass is 10.2. The smallest absolute Gasteiger partial charge is 0.122 e. The average molecular weight is 259 g/mol. The van der Waals surface area contributed by atoms with Crippen molar-refractivity contribution in [1.82, 2.24) is 0 Å². The minimum absolute atomic E-state index is 0.814. The third-order valence-corrected chi connectivity index (χ3v) is 4.00. The number of aryl methyl sites for hydroxylation is 1. The van der Waals surface area contributed by atoms with Crippen molar-refractivity contribution >= 4 is 17.4 Å². The number of hydrogen-bond donors (Lipinski definition) is 1. The van der Waals surface area contributed by atoms with Crippen LogP contribution in [0.5, 0.6) is 5.75 Å². The van der Waals surface area contributed by atoms with Crippen LogP contribution < -0.4 is 10.5 Å². The van der Waals surface area contributed by atoms with Gasteiger partial charge >= 0.3 is 0 Å². The maximum absolute atomic E-state index is 5.75. The Balaban J connectivity index is 2.11. The summed E-state index contributed by atoms with van der Waals surface area (Å²) in [7, 11) is 1.71. The first-order chi connectivity index (χ1) is 8.70. The van der Waals surface area contributed by atoms with E-state index in [-0.39, 0.29) is 0 Å². The molecule has 0 aliphatic rings. The van der Waals surface area contributed by atoms with Crippen LogP contribution in [0.3, 0.4) is 0 Å². The second kappa shape index (κ2) is 5.83. The number of rotatable bonds is 4. The minimum Gasteiger partial charge on any atom is -0.496 e. The Morgan fingerprint density at radius 3 is 2.67 bits per heavy atom. The molecule has 18 heavy (non-hydrogen) atoms. The number of thioether (sulfide) groups is 1. The van der Waals surface area contributed by atoms with E-state index in [1.54, 1.807) is 18.9 Å². The molecule has 2 aromatic carbocycles. The van der Waals surface area contributed by atoms with E-state index in [2.05, 4.69) is 19.1 Å². The summed E-state index contributed by atoms with van der Waals surface area (Å²) in [6.07, 6.45) is 0. The first-order valence-electron chi connectivity index (χ1n) is 5.81. The quantitative estimate of drug-likeness (QED) is 0.668. The van der Waals surface area contributed by atoms with Crippen molar-refractivity contribution in [2.24, 2.45) is 0 Å². The number of nitrogen functional groups attached to an aromatic ring is 1. The van der Waals surface area contributed by atoms with Gasteiger partial charge in [0.1, 0.15) is 5.75 Å². The van der Waals surface area contributed by atoms with Gasteiger partial charge in [0.25, 0.3) is 0 Å². The number of anilines is 1. The maximum atomic E-state index is 5.75. The molecule has 94 valence electrons.